The number of hydrogen-bond acceptors (Lipinski definition) is 5. The molecular weight excluding hydrogens is 268 g/mol. The quantitative estimate of drug-likeness (QED) is 0.507. The van der Waals surface area contributed by atoms with Crippen LogP contribution in [0.15, 0.2) is 12.1 Å². The predicted octanol–water partition coefficient (Wildman–Crippen LogP) is -0.128. The van der Waals surface area contributed by atoms with E-state index in [0.717, 1.165) is 12.1 Å². The maximum Gasteiger partial charge on any atom is 0.336 e. The summed E-state index contributed by atoms with van der Waals surface area (Å²) in [6.45, 7) is 0. The van der Waals surface area contributed by atoms with Crippen molar-refractivity contribution in [2.75, 3.05) is 14.1 Å². The fourth-order valence-corrected chi connectivity index (χ4v) is 1.61. The Morgan fingerprint density at radius 1 is 0.800 bits per heavy atom. The first-order valence-corrected chi connectivity index (χ1v) is 5.44. The van der Waals surface area contributed by atoms with Crippen LogP contribution in [0, 0.1) is 6.23 Å². The molecule has 0 heterocycles. The number of benzene rings is 1. The van der Waals surface area contributed by atoms with Crippen LogP contribution < -0.4 is 10.6 Å². The summed E-state index contributed by atoms with van der Waals surface area (Å²) in [5.41, 5.74) is -1.32. The van der Waals surface area contributed by atoms with E-state index in [1.165, 1.54) is 14.1 Å². The first-order chi connectivity index (χ1) is 9.33. The van der Waals surface area contributed by atoms with E-state index in [4.69, 9.17) is 10.2 Å². The number of carbonyl (C=O) groups excluding carboxylic acids is 1. The van der Waals surface area contributed by atoms with Crippen LogP contribution in [-0.2, 0) is 0 Å². The maximum absolute atomic E-state index is 11.6. The second-order valence-corrected chi connectivity index (χ2v) is 3.73. The number of nitrogens with one attached hydrogen (secondary N) is 2. The fourth-order valence-electron chi connectivity index (χ4n) is 1.61. The van der Waals surface area contributed by atoms with E-state index in [2.05, 4.69) is 10.6 Å². The first-order valence-electron chi connectivity index (χ1n) is 5.44. The van der Waals surface area contributed by atoms with Crippen LogP contribution in [0.25, 0.3) is 0 Å². The van der Waals surface area contributed by atoms with Crippen molar-refractivity contribution < 1.29 is 29.7 Å². The lowest BCUT2D eigenvalue weighted by Gasteiger charge is -2.14. The van der Waals surface area contributed by atoms with Gasteiger partial charge in [-0.25, -0.2) is 9.59 Å². The van der Waals surface area contributed by atoms with Crippen LogP contribution in [0.3, 0.4) is 0 Å². The number of amides is 1. The van der Waals surface area contributed by atoms with E-state index in [-0.39, 0.29) is 16.7 Å². The summed E-state index contributed by atoms with van der Waals surface area (Å²) in [6, 6.07) is 1.84. The van der Waals surface area contributed by atoms with Gasteiger partial charge in [0.1, 0.15) is 0 Å². The van der Waals surface area contributed by atoms with Crippen molar-refractivity contribution in [2.24, 2.45) is 0 Å². The molecule has 8 heteroatoms. The lowest BCUT2D eigenvalue weighted by molar-refractivity contribution is 0.0676. The van der Waals surface area contributed by atoms with Crippen LogP contribution in [-0.4, -0.2) is 47.3 Å². The Morgan fingerprint density at radius 2 is 1.25 bits per heavy atom. The number of hydrogen-bond donors (Lipinski definition) is 5. The number of carboxylic acids is 2. The smallest absolute Gasteiger partial charge is 0.336 e. The number of carboxylic acid groups (broad SMARTS) is 2. The Hall–Kier alpha value is -2.45. The van der Waals surface area contributed by atoms with Gasteiger partial charge in [-0.15, -0.1) is 0 Å². The van der Waals surface area contributed by atoms with Crippen molar-refractivity contribution in [2.45, 2.75) is 0 Å². The number of rotatable bonds is 5. The summed E-state index contributed by atoms with van der Waals surface area (Å²) in [5, 5.41) is 32.3. The largest absolute Gasteiger partial charge is 0.478 e. The molecule has 0 atom stereocenters. The summed E-state index contributed by atoms with van der Waals surface area (Å²) in [6.07, 6.45) is -0.506. The third-order valence-corrected chi connectivity index (χ3v) is 2.58. The molecule has 5 N–H and O–H groups in total. The summed E-state index contributed by atoms with van der Waals surface area (Å²) >= 11 is 0. The molecule has 1 rings (SSSR count). The van der Waals surface area contributed by atoms with Crippen LogP contribution >= 0.6 is 0 Å². The van der Waals surface area contributed by atoms with Crippen LogP contribution in [0.2, 0.25) is 0 Å². The molecule has 0 aliphatic rings. The van der Waals surface area contributed by atoms with Gasteiger partial charge in [0.05, 0.1) is 16.7 Å². The molecule has 1 aromatic rings. The van der Waals surface area contributed by atoms with Gasteiger partial charge in [-0.05, 0) is 19.2 Å². The molecule has 0 unspecified atom stereocenters. The van der Waals surface area contributed by atoms with Gasteiger partial charge < -0.3 is 20.6 Å². The molecule has 0 bridgehead atoms. The Balaban J connectivity index is 3.63. The van der Waals surface area contributed by atoms with Crippen molar-refractivity contribution in [3.63, 3.8) is 0 Å². The van der Waals surface area contributed by atoms with Crippen LogP contribution in [0.4, 0.5) is 0 Å². The highest BCUT2D eigenvalue weighted by molar-refractivity contribution is 6.07. The molecule has 0 aliphatic carbocycles. The minimum absolute atomic E-state index is 0.218. The lowest BCUT2D eigenvalue weighted by Crippen LogP contribution is -2.25. The van der Waals surface area contributed by atoms with Gasteiger partial charge in [0, 0.05) is 12.6 Å². The monoisotopic (exact) mass is 281 g/mol. The molecule has 0 saturated carbocycles. The highest BCUT2D eigenvalue weighted by Crippen LogP contribution is 2.22. The zero-order chi connectivity index (χ0) is 15.4. The van der Waals surface area contributed by atoms with Crippen molar-refractivity contribution in [3.05, 3.63) is 40.6 Å². The maximum atomic E-state index is 11.6. The second-order valence-electron chi connectivity index (χ2n) is 3.73. The van der Waals surface area contributed by atoms with Crippen molar-refractivity contribution in [1.29, 1.82) is 0 Å². The topological polar surface area (TPSA) is 136 Å². The molecule has 1 aromatic carbocycles. The van der Waals surface area contributed by atoms with Gasteiger partial charge >= 0.3 is 11.9 Å². The standard InChI is InChI=1S/C12H13N2O6/c1-13-9(15)5-3-8(12(19)20)6(10(16)14-2)4-7(5)11(17)18/h3-4,13,15H,1-2H3,(H,14,16)(H,17,18)(H,19,20). The summed E-state index contributed by atoms with van der Waals surface area (Å²) in [4.78, 5) is 33.9. The minimum Gasteiger partial charge on any atom is -0.478 e. The summed E-state index contributed by atoms with van der Waals surface area (Å²) in [5.74, 6) is -3.55. The highest BCUT2D eigenvalue weighted by atomic mass is 16.4. The number of aromatic carboxylic acids is 2. The van der Waals surface area contributed by atoms with E-state index in [0.29, 0.717) is 0 Å². The Bertz CT molecular complexity index is 569. The molecule has 0 spiro atoms. The van der Waals surface area contributed by atoms with Gasteiger partial charge in [-0.3, -0.25) is 10.1 Å². The molecular formula is C12H13N2O6. The molecule has 107 valence electrons. The zero-order valence-corrected chi connectivity index (χ0v) is 10.7. The lowest BCUT2D eigenvalue weighted by atomic mass is 9.96. The number of carbonyl (C=O) groups is 3. The summed E-state index contributed by atoms with van der Waals surface area (Å²) < 4.78 is 0. The van der Waals surface area contributed by atoms with E-state index in [1.54, 1.807) is 0 Å². The molecule has 1 radical (unpaired) electrons. The Morgan fingerprint density at radius 3 is 1.65 bits per heavy atom. The molecule has 1 amide bonds. The third kappa shape index (κ3) is 2.92. The average molecular weight is 281 g/mol. The SMILES string of the molecule is CN[C](O)c1cc(C(=O)O)c(C(=O)NC)cc1C(=O)O. The van der Waals surface area contributed by atoms with E-state index in [9.17, 15) is 19.5 Å². The van der Waals surface area contributed by atoms with Crippen molar-refractivity contribution in [3.8, 4) is 0 Å². The predicted molar refractivity (Wildman–Crippen MR) is 67.1 cm³/mol. The van der Waals surface area contributed by atoms with Gasteiger partial charge in [-0.1, -0.05) is 0 Å². The fraction of sp³-hybridized carbons (Fsp3) is 0.167. The zero-order valence-electron chi connectivity index (χ0n) is 10.7. The van der Waals surface area contributed by atoms with E-state index in [1.807, 2.05) is 0 Å². The van der Waals surface area contributed by atoms with Gasteiger partial charge in [-0.2, -0.15) is 0 Å². The molecule has 0 saturated heterocycles. The number of aliphatic hydroxyl groups is 1. The van der Waals surface area contributed by atoms with Crippen LogP contribution in [0.1, 0.15) is 36.6 Å². The Kier molecular flexibility index (Phi) is 4.78. The highest BCUT2D eigenvalue weighted by Gasteiger charge is 2.25. The van der Waals surface area contributed by atoms with E-state index >= 15 is 0 Å². The van der Waals surface area contributed by atoms with Gasteiger partial charge in [0.2, 0.25) is 0 Å². The number of aliphatic hydroxyl groups excluding tert-OH is 1. The summed E-state index contributed by atoms with van der Waals surface area (Å²) in [7, 11) is 2.63. The average Bonchev–Trinajstić information content (AvgIpc) is 2.43. The molecule has 0 aromatic heterocycles. The van der Waals surface area contributed by atoms with Crippen molar-refractivity contribution >= 4 is 17.8 Å². The normalized spacial score (nSPS) is 10.4. The van der Waals surface area contributed by atoms with E-state index < -0.39 is 29.6 Å². The molecule has 0 fully saturated rings. The molecule has 8 nitrogen and oxygen atoms in total. The van der Waals surface area contributed by atoms with Gasteiger partial charge in [0.15, 0.2) is 6.23 Å². The third-order valence-electron chi connectivity index (χ3n) is 2.58. The molecule has 0 aliphatic heterocycles. The van der Waals surface area contributed by atoms with Crippen LogP contribution in [0.5, 0.6) is 0 Å². The van der Waals surface area contributed by atoms with Crippen molar-refractivity contribution in [1.82, 2.24) is 10.6 Å². The van der Waals surface area contributed by atoms with Gasteiger partial charge in [0.25, 0.3) is 5.91 Å². The molecule has 20 heavy (non-hydrogen) atoms. The first kappa shape index (κ1) is 15.6. The minimum atomic E-state index is -1.41. The Labute approximate surface area is 114 Å². The second kappa shape index (κ2) is 6.13.